The molecule has 29 heavy (non-hydrogen) atoms. The van der Waals surface area contributed by atoms with Gasteiger partial charge in [0.15, 0.2) is 0 Å². The van der Waals surface area contributed by atoms with E-state index in [0.29, 0.717) is 12.1 Å². The van der Waals surface area contributed by atoms with Gasteiger partial charge in [-0.05, 0) is 61.9 Å². The lowest BCUT2D eigenvalue weighted by Gasteiger charge is -2.34. The topological polar surface area (TPSA) is 8.17 Å². The van der Waals surface area contributed by atoms with Crippen molar-refractivity contribution in [2.24, 2.45) is 0 Å². The number of benzene rings is 2. The summed E-state index contributed by atoms with van der Waals surface area (Å²) in [5, 5.41) is 1.34. The molecule has 5 heteroatoms. The van der Waals surface area contributed by atoms with E-state index in [1.807, 2.05) is 0 Å². The third kappa shape index (κ3) is 3.16. The molecule has 0 saturated carbocycles. The fourth-order valence-corrected chi connectivity index (χ4v) is 5.34. The smallest absolute Gasteiger partial charge is 0.343 e. The van der Waals surface area contributed by atoms with Crippen LogP contribution in [0.3, 0.4) is 0 Å². The zero-order valence-electron chi connectivity index (χ0n) is 16.6. The van der Waals surface area contributed by atoms with Crippen molar-refractivity contribution >= 4 is 10.9 Å². The van der Waals surface area contributed by atoms with Crippen molar-refractivity contribution in [1.82, 2.24) is 9.47 Å². The van der Waals surface area contributed by atoms with E-state index in [1.54, 1.807) is 12.1 Å². The van der Waals surface area contributed by atoms with Gasteiger partial charge in [-0.25, -0.2) is 0 Å². The molecule has 0 N–H and O–H groups in total. The molecular formula is C24H25F3N2. The number of hydrogen-bond donors (Lipinski definition) is 0. The molecular weight excluding hydrogens is 373 g/mol. The first-order chi connectivity index (χ1) is 13.9. The molecule has 5 rings (SSSR count). The molecule has 0 saturated heterocycles. The van der Waals surface area contributed by atoms with E-state index in [-0.39, 0.29) is 6.04 Å². The van der Waals surface area contributed by atoms with Gasteiger partial charge in [-0.15, -0.1) is 0 Å². The number of aryl methyl sites for hydroxylation is 3. The molecule has 152 valence electrons. The summed E-state index contributed by atoms with van der Waals surface area (Å²) in [5.74, 6) is 0. The summed E-state index contributed by atoms with van der Waals surface area (Å²) in [6, 6.07) is 12.9. The Kier molecular flexibility index (Phi) is 4.46. The Bertz CT molecular complexity index is 1060. The first kappa shape index (κ1) is 18.7. The first-order valence-electron chi connectivity index (χ1n) is 10.4. The monoisotopic (exact) mass is 398 g/mol. The minimum atomic E-state index is -4.31. The molecule has 1 aliphatic carbocycles. The zero-order chi connectivity index (χ0) is 20.2. The van der Waals surface area contributed by atoms with Crippen molar-refractivity contribution in [3.63, 3.8) is 0 Å². The van der Waals surface area contributed by atoms with E-state index >= 15 is 0 Å². The maximum Gasteiger partial charge on any atom is 0.416 e. The van der Waals surface area contributed by atoms with E-state index in [0.717, 1.165) is 38.8 Å². The predicted molar refractivity (Wildman–Crippen MR) is 109 cm³/mol. The molecule has 0 fully saturated rings. The second-order valence-electron chi connectivity index (χ2n) is 8.42. The number of alkyl halides is 3. The van der Waals surface area contributed by atoms with Gasteiger partial charge in [0, 0.05) is 36.2 Å². The zero-order valence-corrected chi connectivity index (χ0v) is 16.6. The maximum absolute atomic E-state index is 13.5. The molecule has 1 aliphatic heterocycles. The third-order valence-corrected chi connectivity index (χ3v) is 6.55. The van der Waals surface area contributed by atoms with Crippen LogP contribution in [0.4, 0.5) is 13.2 Å². The van der Waals surface area contributed by atoms with E-state index in [1.165, 1.54) is 39.9 Å². The van der Waals surface area contributed by atoms with Gasteiger partial charge in [0.05, 0.1) is 11.6 Å². The molecule has 2 aromatic carbocycles. The van der Waals surface area contributed by atoms with Gasteiger partial charge in [-0.2, -0.15) is 13.2 Å². The molecule has 1 aromatic heterocycles. The summed E-state index contributed by atoms with van der Waals surface area (Å²) in [6.07, 6.45) is -0.203. The van der Waals surface area contributed by atoms with Crippen LogP contribution in [0.5, 0.6) is 0 Å². The summed E-state index contributed by atoms with van der Waals surface area (Å²) in [4.78, 5) is 2.29. The van der Waals surface area contributed by atoms with Crippen molar-refractivity contribution in [3.8, 4) is 0 Å². The van der Waals surface area contributed by atoms with Crippen LogP contribution in [0.25, 0.3) is 10.9 Å². The number of halogens is 3. The number of rotatable bonds is 2. The normalized spacial score (nSPS) is 19.9. The highest BCUT2D eigenvalue weighted by Gasteiger charge is 2.36. The second-order valence-corrected chi connectivity index (χ2v) is 8.42. The van der Waals surface area contributed by atoms with Gasteiger partial charge < -0.3 is 4.57 Å². The predicted octanol–water partition coefficient (Wildman–Crippen LogP) is 6.25. The van der Waals surface area contributed by atoms with Crippen molar-refractivity contribution in [1.29, 1.82) is 0 Å². The maximum atomic E-state index is 13.5. The van der Waals surface area contributed by atoms with Crippen molar-refractivity contribution in [2.75, 3.05) is 6.54 Å². The van der Waals surface area contributed by atoms with Crippen LogP contribution in [-0.2, 0) is 25.7 Å². The van der Waals surface area contributed by atoms with Crippen molar-refractivity contribution in [3.05, 3.63) is 70.4 Å². The summed E-state index contributed by atoms with van der Waals surface area (Å²) < 4.78 is 43.0. The highest BCUT2D eigenvalue weighted by atomic mass is 19.4. The molecule has 2 heterocycles. The highest BCUT2D eigenvalue weighted by molar-refractivity contribution is 5.86. The summed E-state index contributed by atoms with van der Waals surface area (Å²) >= 11 is 0. The van der Waals surface area contributed by atoms with Crippen LogP contribution in [-0.4, -0.2) is 16.0 Å². The summed E-state index contributed by atoms with van der Waals surface area (Å²) in [7, 11) is 0. The van der Waals surface area contributed by atoms with E-state index in [2.05, 4.69) is 34.6 Å². The largest absolute Gasteiger partial charge is 0.416 e. The minimum Gasteiger partial charge on any atom is -0.343 e. The van der Waals surface area contributed by atoms with E-state index in [4.69, 9.17) is 0 Å². The van der Waals surface area contributed by atoms with Crippen LogP contribution in [0.15, 0.2) is 42.5 Å². The van der Waals surface area contributed by atoms with Crippen LogP contribution in [0.1, 0.15) is 53.3 Å². The average Bonchev–Trinajstić information content (AvgIpc) is 2.87. The molecule has 2 nitrogen and oxygen atoms in total. The second kappa shape index (κ2) is 6.91. The van der Waals surface area contributed by atoms with Crippen molar-refractivity contribution < 1.29 is 13.2 Å². The molecule has 1 atom stereocenters. The molecule has 0 unspecified atom stereocenters. The molecule has 2 aliphatic rings. The Labute approximate surface area is 168 Å². The summed E-state index contributed by atoms with van der Waals surface area (Å²) in [5.41, 5.74) is 5.18. The van der Waals surface area contributed by atoms with Gasteiger partial charge in [0.25, 0.3) is 0 Å². The van der Waals surface area contributed by atoms with Gasteiger partial charge in [0.1, 0.15) is 0 Å². The van der Waals surface area contributed by atoms with E-state index < -0.39 is 11.7 Å². The number of fused-ring (bicyclic) bond motifs is 3. The molecule has 3 aromatic rings. The molecule has 0 amide bonds. The molecule has 0 bridgehead atoms. The van der Waals surface area contributed by atoms with Gasteiger partial charge in [0.2, 0.25) is 0 Å². The van der Waals surface area contributed by atoms with Gasteiger partial charge >= 0.3 is 6.18 Å². The number of hydrogen-bond acceptors (Lipinski definition) is 1. The number of nitrogens with zero attached hydrogens (tertiary/aromatic N) is 2. The number of aromatic nitrogens is 1. The lowest BCUT2D eigenvalue weighted by Crippen LogP contribution is -2.31. The van der Waals surface area contributed by atoms with Crippen LogP contribution in [0.2, 0.25) is 0 Å². The van der Waals surface area contributed by atoms with Gasteiger partial charge in [-0.1, -0.05) is 29.8 Å². The standard InChI is InChI=1S/C24H25F3N2/c1-16-10-11-21-19(14-16)18-7-4-9-22-23(18)29(21)13-5-12-28(22)15-17-6-2-3-8-20(17)24(25,26)27/h2-3,6,8,10-11,14,22H,4-5,7,9,12-13,15H2,1H3/t22-/m0/s1. The fraction of sp³-hybridized carbons (Fsp3) is 0.417. The summed E-state index contributed by atoms with van der Waals surface area (Å²) in [6.45, 7) is 4.23. The minimum absolute atomic E-state index is 0.190. The van der Waals surface area contributed by atoms with Crippen LogP contribution in [0, 0.1) is 6.92 Å². The Morgan fingerprint density at radius 1 is 1.03 bits per heavy atom. The Balaban J connectivity index is 1.58. The molecule has 0 radical (unpaired) electrons. The van der Waals surface area contributed by atoms with Crippen LogP contribution >= 0.6 is 0 Å². The highest BCUT2D eigenvalue weighted by Crippen LogP contribution is 2.43. The Hall–Kier alpha value is -2.27. The third-order valence-electron chi connectivity index (χ3n) is 6.55. The lowest BCUT2D eigenvalue weighted by molar-refractivity contribution is -0.138. The quantitative estimate of drug-likeness (QED) is 0.495. The van der Waals surface area contributed by atoms with Gasteiger partial charge in [-0.3, -0.25) is 4.90 Å². The Morgan fingerprint density at radius 3 is 2.69 bits per heavy atom. The van der Waals surface area contributed by atoms with Crippen LogP contribution < -0.4 is 0 Å². The van der Waals surface area contributed by atoms with E-state index in [9.17, 15) is 13.2 Å². The molecule has 0 spiro atoms. The van der Waals surface area contributed by atoms with Crippen molar-refractivity contribution in [2.45, 2.75) is 57.9 Å². The fourth-order valence-electron chi connectivity index (χ4n) is 5.34. The first-order valence-corrected chi connectivity index (χ1v) is 10.4. The Morgan fingerprint density at radius 2 is 1.86 bits per heavy atom. The SMILES string of the molecule is Cc1ccc2c(c1)c1c3n2CCCN(Cc2ccccc2C(F)(F)F)[C@H]3CCC1. The lowest BCUT2D eigenvalue weighted by atomic mass is 9.90. The average molecular weight is 398 g/mol.